The summed E-state index contributed by atoms with van der Waals surface area (Å²) in [6.45, 7) is 27.0. The fourth-order valence-electron chi connectivity index (χ4n) is 25.3. The zero-order valence-corrected chi connectivity index (χ0v) is 74.9. The number of fused-ring (bicyclic) bond motifs is 13. The molecule has 0 radical (unpaired) electrons. The van der Waals surface area contributed by atoms with E-state index in [-0.39, 0.29) is 231 Å². The molecule has 0 unspecified atom stereocenters. The highest BCUT2D eigenvalue weighted by atomic mass is 32.2. The first-order chi connectivity index (χ1) is 61.1. The second-order valence-electron chi connectivity index (χ2n) is 40.8. The maximum Gasteiger partial charge on any atom is 0.241 e. The first-order valence-corrected chi connectivity index (χ1v) is 49.4. The van der Waals surface area contributed by atoms with Gasteiger partial charge in [0.15, 0.2) is 11.6 Å². The summed E-state index contributed by atoms with van der Waals surface area (Å²) in [7, 11) is -4.02. The van der Waals surface area contributed by atoms with Crippen LogP contribution in [-0.4, -0.2) is 250 Å². The molecule has 20 fully saturated rings. The Bertz CT molecular complexity index is 4410. The molecule has 696 valence electrons. The SMILES string of the molecule is C=C1C[C@@H]2CC[C@@]34C[C@H]5O[C@H]6[C@@H](O3)[C@H]3O[C@H](CC[C@@H]3O[C@H]6[C@H]5O4)CC(=O)C[C@@H]3[C@@H](C)[C@@H](C[C@H](O)CN)O[C@H]3C[C@H]3O[C@@H](CC[C@@H]1O2)C[C@@H](C)C3=C.C=C1C[C@@H]2CC[C@@]34C[C@H]5O[C@H]6[C@@H](O3)[C@H]3O[C@H](CC[C@@H]3O[C@H]6[C@H]5O4)CC(=O)C[C@@H]3[C@@H](C)[C@@H](C[C@H](O)CN)O[C@H]3C[C@H]3O[C@@H](CC[C@@H]1O2)C[C@@H](C)C3=C.O=C([O-])[C@H](Cc1ccccc1)NS(=O)(=O)c1cccc2ccccc12. The minimum Gasteiger partial charge on any atom is -0.548 e. The Morgan fingerprint density at radius 3 is 1.36 bits per heavy atom. The molecule has 20 saturated heterocycles. The second-order valence-corrected chi connectivity index (χ2v) is 42.5. The van der Waals surface area contributed by atoms with Crippen LogP contribution in [0.4, 0.5) is 0 Å². The van der Waals surface area contributed by atoms with Crippen molar-refractivity contribution in [1.82, 2.24) is 4.72 Å². The van der Waals surface area contributed by atoms with Gasteiger partial charge in [0, 0.05) is 95.5 Å². The molecule has 0 aliphatic carbocycles. The van der Waals surface area contributed by atoms with Gasteiger partial charge in [-0.25, -0.2) is 13.1 Å². The molecule has 3 aromatic rings. The van der Waals surface area contributed by atoms with Crippen LogP contribution < -0.4 is 21.3 Å². The molecule has 20 aliphatic rings. The number of carboxylic acid groups (broad SMARTS) is 1. The van der Waals surface area contributed by atoms with Gasteiger partial charge in [0.25, 0.3) is 0 Å². The van der Waals surface area contributed by atoms with Crippen molar-refractivity contribution >= 4 is 38.3 Å². The van der Waals surface area contributed by atoms with Crippen LogP contribution in [0.25, 0.3) is 10.8 Å². The van der Waals surface area contributed by atoms with Crippen LogP contribution in [0.1, 0.15) is 200 Å². The van der Waals surface area contributed by atoms with E-state index < -0.39 is 45.8 Å². The zero-order valence-electron chi connectivity index (χ0n) is 74.1. The predicted octanol–water partition coefficient (Wildman–Crippen LogP) is 9.60. The van der Waals surface area contributed by atoms with Gasteiger partial charge in [-0.05, 0) is 171 Å². The molecule has 39 atom stereocenters. The zero-order chi connectivity index (χ0) is 88.2. The minimum absolute atomic E-state index is 0.00127. The number of hydrogen-bond acceptors (Lipinski definition) is 26. The van der Waals surface area contributed by atoms with Crippen molar-refractivity contribution in [2.24, 2.45) is 47.0 Å². The van der Waals surface area contributed by atoms with E-state index >= 15 is 0 Å². The van der Waals surface area contributed by atoms with Crippen molar-refractivity contribution in [2.45, 2.75) is 407 Å². The van der Waals surface area contributed by atoms with Gasteiger partial charge in [-0.1, -0.05) is 121 Å². The van der Waals surface area contributed by atoms with E-state index in [2.05, 4.69) is 58.7 Å². The number of ether oxygens (including phenoxy) is 16. The van der Waals surface area contributed by atoms with E-state index in [4.69, 9.17) is 87.3 Å². The smallest absolute Gasteiger partial charge is 0.241 e. The Balaban J connectivity index is 0.000000132. The summed E-state index contributed by atoms with van der Waals surface area (Å²) in [6.07, 6.45) is 12.9. The normalized spacial score (nSPS) is 45.2. The molecule has 23 rings (SSSR count). The maximum atomic E-state index is 14.0. The van der Waals surface area contributed by atoms with Gasteiger partial charge in [0.1, 0.15) is 72.6 Å². The number of aliphatic hydroxyl groups excluding tert-OH is 2. The number of hydrogen-bond donors (Lipinski definition) is 5. The molecule has 20 heterocycles. The van der Waals surface area contributed by atoms with E-state index in [0.717, 1.165) is 118 Å². The highest BCUT2D eigenvalue weighted by Gasteiger charge is 2.71. The Morgan fingerprint density at radius 1 is 0.457 bits per heavy atom. The summed E-state index contributed by atoms with van der Waals surface area (Å²) >= 11 is 0. The van der Waals surface area contributed by atoms with E-state index in [0.29, 0.717) is 99.8 Å². The number of sulfonamides is 1. The van der Waals surface area contributed by atoms with E-state index in [9.17, 15) is 38.1 Å². The summed E-state index contributed by atoms with van der Waals surface area (Å²) in [5, 5.41) is 33.7. The molecule has 24 bridgehead atoms. The molecule has 3 aromatic carbocycles. The van der Waals surface area contributed by atoms with Gasteiger partial charge in [0.05, 0.1) is 139 Å². The number of benzene rings is 3. The molecule has 28 heteroatoms. The van der Waals surface area contributed by atoms with E-state index in [1.54, 1.807) is 60.7 Å². The molecule has 27 nitrogen and oxygen atoms in total. The van der Waals surface area contributed by atoms with Crippen LogP contribution in [0.3, 0.4) is 0 Å². The summed E-state index contributed by atoms with van der Waals surface area (Å²) in [5.74, 6) is -1.91. The molecule has 0 amide bonds. The molecule has 2 spiro atoms. The third-order valence-electron chi connectivity index (χ3n) is 32.3. The number of carbonyl (C=O) groups excluding carboxylic acids is 3. The minimum atomic E-state index is -4.02. The van der Waals surface area contributed by atoms with Crippen LogP contribution in [-0.2, 0) is 107 Å². The molecule has 127 heavy (non-hydrogen) atoms. The van der Waals surface area contributed by atoms with Crippen molar-refractivity contribution in [2.75, 3.05) is 13.1 Å². The van der Waals surface area contributed by atoms with E-state index in [1.807, 2.05) is 6.07 Å². The highest BCUT2D eigenvalue weighted by molar-refractivity contribution is 7.89. The summed E-state index contributed by atoms with van der Waals surface area (Å²) in [4.78, 5) is 39.5. The first-order valence-electron chi connectivity index (χ1n) is 47.9. The highest BCUT2D eigenvalue weighted by Crippen LogP contribution is 2.58. The van der Waals surface area contributed by atoms with Gasteiger partial charge in [-0.15, -0.1) is 0 Å². The van der Waals surface area contributed by atoms with Crippen LogP contribution in [0, 0.1) is 35.5 Å². The van der Waals surface area contributed by atoms with Crippen molar-refractivity contribution in [3.63, 3.8) is 0 Å². The van der Waals surface area contributed by atoms with Crippen LogP contribution >= 0.6 is 0 Å². The number of ketones is 2. The third-order valence-corrected chi connectivity index (χ3v) is 33.8. The molecule has 7 N–H and O–H groups in total. The van der Waals surface area contributed by atoms with Crippen LogP contribution in [0.15, 0.2) is 126 Å². The van der Waals surface area contributed by atoms with Gasteiger partial charge < -0.3 is 107 Å². The Morgan fingerprint density at radius 2 is 0.882 bits per heavy atom. The molecule has 0 saturated carbocycles. The standard InChI is InChI=1S/2C40H59NO10.C19H17NO4S/c2*1-19-11-25-5-7-29-20(2)12-27(44-29)9-10-40-17-34-36(50-40)37-38(49-34)39(51-40)35-30(48-37)8-6-26(46-35)13-23(42)14-28-22(4)31(15-24(43)18-41)47-33(28)16-32(45-25)21(19)3;21-19(22)17(13-14-7-2-1-3-8-14)20-25(23,24)18-12-6-10-15-9-4-5-11-16(15)18/h2*19,22,24-39,43H,2-3,5-18,41H2,1,4H3;1-12,17,20H,13H2,(H,21,22)/p-1/t2*19-,22-,24+,25+,26-,27+,28-,29+,30+,31-,32-,33+,34-,35+,36+,37+,38-,39+,40+;17-/m110/s1. The topological polar surface area (TPSA) is 361 Å². The predicted molar refractivity (Wildman–Crippen MR) is 462 cm³/mol. The lowest BCUT2D eigenvalue weighted by molar-refractivity contribution is -0.308. The number of aliphatic carboxylic acids is 1. The van der Waals surface area contributed by atoms with Gasteiger partial charge in [0.2, 0.25) is 10.0 Å². The lowest BCUT2D eigenvalue weighted by atomic mass is 9.78. The Kier molecular flexibility index (Phi) is 26.9. The third kappa shape index (κ3) is 18.8. The number of carbonyl (C=O) groups is 3. The summed E-state index contributed by atoms with van der Waals surface area (Å²) in [6, 6.07) is 19.4. The number of rotatable bonds is 12. The molecular weight excluding hydrogens is 1650 g/mol. The van der Waals surface area contributed by atoms with Gasteiger partial charge >= 0.3 is 0 Å². The first kappa shape index (κ1) is 90.9. The maximum absolute atomic E-state index is 14.0. The number of aliphatic hydroxyl groups is 2. The summed E-state index contributed by atoms with van der Waals surface area (Å²) in [5.41, 5.74) is 16.8. The number of nitrogens with two attached hydrogens (primary N) is 2. The van der Waals surface area contributed by atoms with Crippen LogP contribution in [0.5, 0.6) is 0 Å². The monoisotopic (exact) mass is 1780 g/mol. The number of Topliss-reactive ketones (excluding diaryl/α,β-unsaturated/α-hetero) is 2. The lowest BCUT2D eigenvalue weighted by Gasteiger charge is -2.47. The van der Waals surface area contributed by atoms with Crippen LogP contribution in [0.2, 0.25) is 0 Å². The van der Waals surface area contributed by atoms with Gasteiger partial charge in [-0.2, -0.15) is 0 Å². The summed E-state index contributed by atoms with van der Waals surface area (Å²) < 4.78 is 136. The fourth-order valence-corrected chi connectivity index (χ4v) is 26.7. The molecular formula is C99H134N3O24S-. The van der Waals surface area contributed by atoms with Gasteiger partial charge in [-0.3, -0.25) is 9.59 Å². The average molecular weight is 1780 g/mol. The second kappa shape index (κ2) is 37.6. The Hall–Kier alpha value is -5.20. The van der Waals surface area contributed by atoms with Crippen molar-refractivity contribution < 1.29 is 114 Å². The molecule has 20 aliphatic heterocycles. The number of carboxylic acids is 1. The average Bonchev–Trinajstić information content (AvgIpc) is 1.55. The fraction of sp³-hybridized carbons (Fsp3) is 0.727. The van der Waals surface area contributed by atoms with Crippen molar-refractivity contribution in [1.29, 1.82) is 0 Å². The van der Waals surface area contributed by atoms with Crippen molar-refractivity contribution in [3.8, 4) is 0 Å². The van der Waals surface area contributed by atoms with E-state index in [1.165, 1.54) is 6.07 Å². The lowest BCUT2D eigenvalue weighted by Crippen LogP contribution is -2.61. The molecule has 0 aromatic heterocycles. The van der Waals surface area contributed by atoms with Crippen molar-refractivity contribution in [3.05, 3.63) is 127 Å². The Labute approximate surface area is 746 Å². The quantitative estimate of drug-likeness (QED) is 0.105. The largest absolute Gasteiger partial charge is 0.548 e. The number of nitrogens with one attached hydrogen (secondary N) is 1.